The lowest BCUT2D eigenvalue weighted by molar-refractivity contribution is 0.366. The molecule has 1 saturated heterocycles. The highest BCUT2D eigenvalue weighted by Gasteiger charge is 2.21. The van der Waals surface area contributed by atoms with Crippen LogP contribution in [0.15, 0.2) is 6.20 Å². The lowest BCUT2D eigenvalue weighted by atomic mass is 10.5. The fourth-order valence-electron chi connectivity index (χ4n) is 1.76. The number of aromatic nitrogens is 3. The Morgan fingerprint density at radius 2 is 2.33 bits per heavy atom. The van der Waals surface area contributed by atoms with Crippen LogP contribution in [0.5, 0.6) is 0 Å². The number of rotatable bonds is 2. The summed E-state index contributed by atoms with van der Waals surface area (Å²) < 4.78 is 5.47. The van der Waals surface area contributed by atoms with Crippen LogP contribution in [0.3, 0.4) is 0 Å². The minimum Gasteiger partial charge on any atom is -0.428 e. The molecule has 2 heterocycles. The Balaban J connectivity index is 0.000000184. The van der Waals surface area contributed by atoms with Gasteiger partial charge in [0.1, 0.15) is 9.28 Å². The van der Waals surface area contributed by atoms with Crippen molar-refractivity contribution in [3.63, 3.8) is 0 Å². The topological polar surface area (TPSA) is 126 Å². The third kappa shape index (κ3) is 5.22. The summed E-state index contributed by atoms with van der Waals surface area (Å²) in [4.78, 5) is 0. The van der Waals surface area contributed by atoms with E-state index in [0.29, 0.717) is 19.9 Å². The Hall–Kier alpha value is -0.819. The average Bonchev–Trinajstić information content (AvgIpc) is 2.43. The molecule has 0 bridgehead atoms. The first-order valence-electron chi connectivity index (χ1n) is 6.17. The molecule has 1 aliphatic rings. The van der Waals surface area contributed by atoms with Crippen molar-refractivity contribution >= 4 is 37.7 Å². The fraction of sp³-hybridized carbons (Fsp3) is 0.625. The summed E-state index contributed by atoms with van der Waals surface area (Å²) in [6.07, 6.45) is 2.57. The third-order valence-corrected chi connectivity index (χ3v) is 22.9. The van der Waals surface area contributed by atoms with Crippen LogP contribution in [0.4, 0.5) is 11.5 Å². The predicted octanol–water partition coefficient (Wildman–Crippen LogP) is -2.78. The third-order valence-electron chi connectivity index (χ3n) is 3.04. The second kappa shape index (κ2) is 8.31. The van der Waals surface area contributed by atoms with E-state index in [2.05, 4.69) is 22.3 Å². The summed E-state index contributed by atoms with van der Waals surface area (Å²) in [5, 5.41) is 9.99. The minimum absolute atomic E-state index is 0.0296. The highest BCUT2D eigenvalue weighted by molar-refractivity contribution is 7.35. The van der Waals surface area contributed by atoms with E-state index in [1.807, 2.05) is 0 Å². The van der Waals surface area contributed by atoms with Gasteiger partial charge in [0.05, 0.1) is 11.9 Å². The van der Waals surface area contributed by atoms with Crippen LogP contribution in [-0.2, 0) is 4.43 Å². The van der Waals surface area contributed by atoms with Gasteiger partial charge in [0.2, 0.25) is 0 Å². The van der Waals surface area contributed by atoms with Gasteiger partial charge < -0.3 is 21.6 Å². The molecule has 0 saturated carbocycles. The van der Waals surface area contributed by atoms with Crippen molar-refractivity contribution in [2.24, 2.45) is 5.73 Å². The van der Waals surface area contributed by atoms with Gasteiger partial charge in [-0.25, -0.2) is 0 Å². The first kappa shape index (κ1) is 15.2. The van der Waals surface area contributed by atoms with Crippen molar-refractivity contribution < 1.29 is 4.43 Å². The van der Waals surface area contributed by atoms with Crippen molar-refractivity contribution in [1.82, 2.24) is 15.4 Å². The van der Waals surface area contributed by atoms with Crippen molar-refractivity contribution in [3.8, 4) is 0 Å². The Morgan fingerprint density at radius 3 is 2.78 bits per heavy atom. The molecule has 0 spiro atoms. The molecule has 0 amide bonds. The van der Waals surface area contributed by atoms with E-state index in [-0.39, 0.29) is 23.4 Å². The normalized spacial score (nSPS) is 23.3. The highest BCUT2D eigenvalue weighted by Crippen LogP contribution is 2.03. The molecule has 102 valence electrons. The predicted molar refractivity (Wildman–Crippen MR) is 81.9 cm³/mol. The lowest BCUT2D eigenvalue weighted by Crippen LogP contribution is -2.48. The minimum atomic E-state index is -0.367. The van der Waals surface area contributed by atoms with Gasteiger partial charge in [0.25, 0.3) is 0 Å². The number of hydrogen-bond acceptors (Lipinski definition) is 7. The second-order valence-electron chi connectivity index (χ2n) is 4.30. The SMILES string of the molecule is CCC(N)[SiH]1CCO[SiH2][SiH2]1.Nc1cnnnc1N. The average molecular weight is 303 g/mol. The molecule has 2 unspecified atom stereocenters. The molecule has 1 fully saturated rings. The quantitative estimate of drug-likeness (QED) is 0.504. The fourth-order valence-corrected chi connectivity index (χ4v) is 21.6. The monoisotopic (exact) mass is 302 g/mol. The molecule has 2 rings (SSSR count). The summed E-state index contributed by atoms with van der Waals surface area (Å²) in [6, 6.07) is 1.40. The summed E-state index contributed by atoms with van der Waals surface area (Å²) in [6.45, 7) is 3.30. The standard InChI is InChI=1S/C5H17NOSi3.C3H5N5/c1-2-5(6)10-4-3-7-8-9-10;4-2-1-6-8-7-3(2)5/h5,10H,2-4,6,8-9H2,1H3;1H,(H2,4,8)(H2,5,6,7). The van der Waals surface area contributed by atoms with Crippen molar-refractivity contribution in [2.45, 2.75) is 25.1 Å². The van der Waals surface area contributed by atoms with E-state index in [1.54, 1.807) is 0 Å². The number of hydrogen-bond donors (Lipinski definition) is 3. The first-order chi connectivity index (χ1) is 8.65. The molecule has 1 aliphatic heterocycles. The zero-order chi connectivity index (χ0) is 13.4. The molecule has 7 nitrogen and oxygen atoms in total. The Kier molecular flexibility index (Phi) is 7.04. The lowest BCUT2D eigenvalue weighted by Gasteiger charge is -2.24. The van der Waals surface area contributed by atoms with E-state index < -0.39 is 0 Å². The number of nitrogens with zero attached hydrogens (tertiary/aromatic N) is 3. The largest absolute Gasteiger partial charge is 0.428 e. The molecule has 1 aromatic heterocycles. The van der Waals surface area contributed by atoms with E-state index in [0.717, 1.165) is 6.61 Å². The highest BCUT2D eigenvalue weighted by atomic mass is 29.5. The molecule has 6 N–H and O–H groups in total. The van der Waals surface area contributed by atoms with Gasteiger partial charge >= 0.3 is 0 Å². The maximum absolute atomic E-state index is 6.01. The Labute approximate surface area is 113 Å². The first-order valence-corrected chi connectivity index (χ1v) is 15.5. The maximum Gasteiger partial charge on any atom is 0.172 e. The summed E-state index contributed by atoms with van der Waals surface area (Å²) >= 11 is 0. The molecular weight excluding hydrogens is 280 g/mol. The van der Waals surface area contributed by atoms with E-state index in [9.17, 15) is 0 Å². The van der Waals surface area contributed by atoms with Gasteiger partial charge in [0, 0.05) is 23.5 Å². The van der Waals surface area contributed by atoms with Crippen LogP contribution >= 0.6 is 0 Å². The van der Waals surface area contributed by atoms with E-state index >= 15 is 0 Å². The maximum atomic E-state index is 6.01. The summed E-state index contributed by atoms with van der Waals surface area (Å²) in [5.41, 5.74) is 17.4. The van der Waals surface area contributed by atoms with Crippen LogP contribution in [0.25, 0.3) is 0 Å². The molecule has 0 radical (unpaired) electrons. The Bertz CT molecular complexity index is 330. The van der Waals surface area contributed by atoms with Gasteiger partial charge in [-0.3, -0.25) is 0 Å². The molecule has 2 atom stereocenters. The smallest absolute Gasteiger partial charge is 0.172 e. The van der Waals surface area contributed by atoms with Crippen molar-refractivity contribution in [3.05, 3.63) is 6.20 Å². The van der Waals surface area contributed by atoms with Gasteiger partial charge in [-0.15, -0.1) is 10.2 Å². The van der Waals surface area contributed by atoms with Gasteiger partial charge in [-0.05, 0) is 23.3 Å². The molecule has 1 aromatic rings. The van der Waals surface area contributed by atoms with Crippen LogP contribution in [0.1, 0.15) is 13.3 Å². The van der Waals surface area contributed by atoms with Crippen LogP contribution < -0.4 is 17.2 Å². The molecule has 18 heavy (non-hydrogen) atoms. The number of anilines is 2. The second-order valence-corrected chi connectivity index (χ2v) is 19.9. The van der Waals surface area contributed by atoms with Crippen LogP contribution in [0, 0.1) is 0 Å². The van der Waals surface area contributed by atoms with E-state index in [1.165, 1.54) is 18.7 Å². The van der Waals surface area contributed by atoms with Crippen molar-refractivity contribution in [2.75, 3.05) is 18.1 Å². The van der Waals surface area contributed by atoms with Crippen molar-refractivity contribution in [1.29, 1.82) is 0 Å². The molecular formula is C8H22N6OSi3. The summed E-state index contributed by atoms with van der Waals surface area (Å²) in [5.74, 6) is 0.222. The van der Waals surface area contributed by atoms with Gasteiger partial charge in [0.15, 0.2) is 5.82 Å². The van der Waals surface area contributed by atoms with E-state index in [4.69, 9.17) is 21.6 Å². The molecule has 0 aromatic carbocycles. The summed E-state index contributed by atoms with van der Waals surface area (Å²) in [7, 11) is -0.0428. The number of nitrogens with two attached hydrogens (primary N) is 3. The van der Waals surface area contributed by atoms with Crippen LogP contribution in [0.2, 0.25) is 6.04 Å². The molecule has 0 aliphatic carbocycles. The number of nitrogen functional groups attached to an aromatic ring is 2. The Morgan fingerprint density at radius 1 is 1.56 bits per heavy atom. The van der Waals surface area contributed by atoms with Crippen LogP contribution in [-0.4, -0.2) is 53.8 Å². The van der Waals surface area contributed by atoms with Gasteiger partial charge in [-0.1, -0.05) is 6.92 Å². The molecule has 10 heteroatoms. The zero-order valence-electron chi connectivity index (χ0n) is 10.7. The van der Waals surface area contributed by atoms with Gasteiger partial charge in [-0.2, -0.15) is 0 Å². The zero-order valence-corrected chi connectivity index (χ0v) is 14.7.